The van der Waals surface area contributed by atoms with E-state index in [-0.39, 0.29) is 11.9 Å². The number of benzene rings is 1. The van der Waals surface area contributed by atoms with Crippen molar-refractivity contribution in [1.82, 2.24) is 5.32 Å². The molecule has 1 aliphatic rings. The lowest BCUT2D eigenvalue weighted by Crippen LogP contribution is -2.42. The van der Waals surface area contributed by atoms with Gasteiger partial charge in [-0.05, 0) is 49.0 Å². The minimum absolute atomic E-state index is 0.0112. The second-order valence-corrected chi connectivity index (χ2v) is 7.68. The van der Waals surface area contributed by atoms with Gasteiger partial charge in [0.2, 0.25) is 0 Å². The van der Waals surface area contributed by atoms with Gasteiger partial charge in [-0.2, -0.15) is 0 Å². The summed E-state index contributed by atoms with van der Waals surface area (Å²) in [7, 11) is -0.977. The molecule has 1 heterocycles. The fourth-order valence-electron chi connectivity index (χ4n) is 2.97. The van der Waals surface area contributed by atoms with Crippen molar-refractivity contribution in [3.05, 3.63) is 34.9 Å². The zero-order valence-electron chi connectivity index (χ0n) is 11.7. The van der Waals surface area contributed by atoms with Crippen molar-refractivity contribution in [3.8, 4) is 0 Å². The van der Waals surface area contributed by atoms with E-state index in [2.05, 4.69) is 17.4 Å². The second-order valence-electron chi connectivity index (χ2n) is 5.33. The summed E-state index contributed by atoms with van der Waals surface area (Å²) in [4.78, 5) is 0. The van der Waals surface area contributed by atoms with Crippen LogP contribution in [0.3, 0.4) is 0 Å². The molecular formula is C15H22ClNO2S. The van der Waals surface area contributed by atoms with Crippen molar-refractivity contribution in [2.75, 3.05) is 25.4 Å². The molecule has 1 fully saturated rings. The molecule has 2 N–H and O–H groups in total. The van der Waals surface area contributed by atoms with E-state index in [1.165, 1.54) is 5.56 Å². The molecule has 3 nitrogen and oxygen atoms in total. The van der Waals surface area contributed by atoms with Crippen molar-refractivity contribution in [2.24, 2.45) is 5.92 Å². The first-order chi connectivity index (χ1) is 9.63. The van der Waals surface area contributed by atoms with Gasteiger partial charge in [0.05, 0.1) is 6.61 Å². The van der Waals surface area contributed by atoms with Gasteiger partial charge in [0.15, 0.2) is 0 Å². The maximum atomic E-state index is 12.2. The van der Waals surface area contributed by atoms with Crippen LogP contribution in [-0.4, -0.2) is 40.0 Å². The first kappa shape index (κ1) is 16.0. The van der Waals surface area contributed by atoms with Crippen LogP contribution in [0.4, 0.5) is 0 Å². The summed E-state index contributed by atoms with van der Waals surface area (Å²) in [6, 6.07) is 8.00. The number of hydrogen-bond acceptors (Lipinski definition) is 3. The van der Waals surface area contributed by atoms with E-state index < -0.39 is 10.8 Å². The molecule has 1 aromatic rings. The standard InChI is InChI=1S/C15H22ClNO2S/c1-11(20(19)9-8-18)15-10-17-7-6-14(15)12-2-4-13(16)5-3-12/h2-5,11,14-15,17-18H,6-10H2,1H3/t11?,14-,15-,20?/m1/s1. The van der Waals surface area contributed by atoms with Gasteiger partial charge in [-0.15, -0.1) is 0 Å². The molecule has 0 amide bonds. The molecule has 0 spiro atoms. The predicted octanol–water partition coefficient (Wildman–Crippen LogP) is 2.16. The molecule has 2 unspecified atom stereocenters. The highest BCUT2D eigenvalue weighted by molar-refractivity contribution is 7.85. The molecule has 5 heteroatoms. The molecule has 0 aromatic heterocycles. The first-order valence-electron chi connectivity index (χ1n) is 7.07. The Morgan fingerprint density at radius 1 is 1.45 bits per heavy atom. The van der Waals surface area contributed by atoms with Gasteiger partial charge in [-0.1, -0.05) is 30.7 Å². The van der Waals surface area contributed by atoms with E-state index in [0.29, 0.717) is 17.6 Å². The van der Waals surface area contributed by atoms with Crippen LogP contribution in [0.5, 0.6) is 0 Å². The van der Waals surface area contributed by atoms with Gasteiger partial charge in [0, 0.05) is 26.8 Å². The zero-order valence-corrected chi connectivity index (χ0v) is 13.3. The number of hydrogen-bond donors (Lipinski definition) is 2. The lowest BCUT2D eigenvalue weighted by Gasteiger charge is -2.36. The van der Waals surface area contributed by atoms with Gasteiger partial charge in [-0.25, -0.2) is 0 Å². The number of halogens is 1. The highest BCUT2D eigenvalue weighted by Gasteiger charge is 2.33. The van der Waals surface area contributed by atoms with E-state index in [4.69, 9.17) is 16.7 Å². The quantitative estimate of drug-likeness (QED) is 0.875. The molecule has 1 aliphatic heterocycles. The number of aliphatic hydroxyl groups excluding tert-OH is 1. The maximum absolute atomic E-state index is 12.2. The lowest BCUT2D eigenvalue weighted by molar-refractivity contribution is 0.312. The number of piperidine rings is 1. The second kappa shape index (κ2) is 7.55. The number of aliphatic hydroxyl groups is 1. The minimum atomic E-state index is -0.977. The van der Waals surface area contributed by atoms with Crippen molar-refractivity contribution in [1.29, 1.82) is 0 Å². The molecule has 2 rings (SSSR count). The fourth-order valence-corrected chi connectivity index (χ4v) is 4.32. The third kappa shape index (κ3) is 3.82. The Morgan fingerprint density at radius 2 is 2.15 bits per heavy atom. The normalized spacial score (nSPS) is 26.1. The Morgan fingerprint density at radius 3 is 2.80 bits per heavy atom. The summed E-state index contributed by atoms with van der Waals surface area (Å²) in [6.45, 7) is 3.89. The van der Waals surface area contributed by atoms with Crippen molar-refractivity contribution in [3.63, 3.8) is 0 Å². The SMILES string of the molecule is CC([C@H]1CNCC[C@@H]1c1ccc(Cl)cc1)S(=O)CCO. The topological polar surface area (TPSA) is 49.3 Å². The fraction of sp³-hybridized carbons (Fsp3) is 0.600. The van der Waals surface area contributed by atoms with E-state index in [1.54, 1.807) is 0 Å². The largest absolute Gasteiger partial charge is 0.395 e. The molecular weight excluding hydrogens is 294 g/mol. The van der Waals surface area contributed by atoms with Gasteiger partial charge < -0.3 is 10.4 Å². The average Bonchev–Trinajstić information content (AvgIpc) is 2.47. The van der Waals surface area contributed by atoms with Crippen LogP contribution in [0.25, 0.3) is 0 Å². The summed E-state index contributed by atoms with van der Waals surface area (Å²) < 4.78 is 12.2. The summed E-state index contributed by atoms with van der Waals surface area (Å²) in [6.07, 6.45) is 1.05. The molecule has 0 bridgehead atoms. The van der Waals surface area contributed by atoms with Crippen molar-refractivity contribution >= 4 is 22.4 Å². The molecule has 0 radical (unpaired) electrons. The smallest absolute Gasteiger partial charge is 0.0546 e. The highest BCUT2D eigenvalue weighted by Crippen LogP contribution is 2.34. The Kier molecular flexibility index (Phi) is 6.02. The molecule has 0 aliphatic carbocycles. The Balaban J connectivity index is 2.16. The summed E-state index contributed by atoms with van der Waals surface area (Å²) >= 11 is 5.95. The average molecular weight is 316 g/mol. The van der Waals surface area contributed by atoms with Crippen LogP contribution < -0.4 is 5.32 Å². The third-order valence-electron chi connectivity index (χ3n) is 4.14. The van der Waals surface area contributed by atoms with Crippen LogP contribution in [0.2, 0.25) is 5.02 Å². The minimum Gasteiger partial charge on any atom is -0.395 e. The first-order valence-corrected chi connectivity index (χ1v) is 8.83. The van der Waals surface area contributed by atoms with Crippen LogP contribution in [-0.2, 0) is 10.8 Å². The third-order valence-corrected chi connectivity index (χ3v) is 6.15. The van der Waals surface area contributed by atoms with Crippen LogP contribution >= 0.6 is 11.6 Å². The summed E-state index contributed by atoms with van der Waals surface area (Å²) in [5.74, 6) is 1.11. The van der Waals surface area contributed by atoms with Crippen molar-refractivity contribution < 1.29 is 9.32 Å². The van der Waals surface area contributed by atoms with E-state index in [9.17, 15) is 4.21 Å². The Hall–Kier alpha value is -0.420. The van der Waals surface area contributed by atoms with E-state index in [1.807, 2.05) is 19.1 Å². The van der Waals surface area contributed by atoms with E-state index >= 15 is 0 Å². The van der Waals surface area contributed by atoms with E-state index in [0.717, 1.165) is 24.5 Å². The number of rotatable bonds is 5. The van der Waals surface area contributed by atoms with Crippen LogP contribution in [0.15, 0.2) is 24.3 Å². The van der Waals surface area contributed by atoms with Gasteiger partial charge in [0.25, 0.3) is 0 Å². The molecule has 1 aromatic carbocycles. The number of nitrogens with one attached hydrogen (secondary N) is 1. The predicted molar refractivity (Wildman–Crippen MR) is 84.7 cm³/mol. The highest BCUT2D eigenvalue weighted by atomic mass is 35.5. The van der Waals surface area contributed by atoms with Crippen LogP contribution in [0, 0.1) is 5.92 Å². The molecule has 1 saturated heterocycles. The van der Waals surface area contributed by atoms with Gasteiger partial charge >= 0.3 is 0 Å². The molecule has 20 heavy (non-hydrogen) atoms. The molecule has 112 valence electrons. The summed E-state index contributed by atoms with van der Waals surface area (Å²) in [5, 5.41) is 13.2. The van der Waals surface area contributed by atoms with Gasteiger partial charge in [0.1, 0.15) is 0 Å². The maximum Gasteiger partial charge on any atom is 0.0546 e. The van der Waals surface area contributed by atoms with Crippen LogP contribution in [0.1, 0.15) is 24.8 Å². The lowest BCUT2D eigenvalue weighted by atomic mass is 9.79. The summed E-state index contributed by atoms with van der Waals surface area (Å²) in [5.41, 5.74) is 1.27. The molecule has 4 atom stereocenters. The van der Waals surface area contributed by atoms with Crippen molar-refractivity contribution in [2.45, 2.75) is 24.5 Å². The monoisotopic (exact) mass is 315 g/mol. The Bertz CT molecular complexity index is 452. The zero-order chi connectivity index (χ0) is 14.5. The molecule has 0 saturated carbocycles. The Labute approximate surface area is 128 Å². The van der Waals surface area contributed by atoms with Gasteiger partial charge in [-0.3, -0.25) is 4.21 Å².